The van der Waals surface area contributed by atoms with Crippen LogP contribution in [0.3, 0.4) is 0 Å². The van der Waals surface area contributed by atoms with Gasteiger partial charge >= 0.3 is 6.09 Å². The number of carbonyl (C=O) groups is 1. The molecule has 1 fully saturated rings. The van der Waals surface area contributed by atoms with Crippen molar-refractivity contribution in [2.45, 2.75) is 64.4 Å². The van der Waals surface area contributed by atoms with Crippen LogP contribution < -0.4 is 10.1 Å². The predicted octanol–water partition coefficient (Wildman–Crippen LogP) is 2.88. The fraction of sp³-hybridized carbons (Fsp3) is 0.650. The highest BCUT2D eigenvalue weighted by molar-refractivity contribution is 5.67. The molecular weight excluding hydrogens is 366 g/mol. The lowest BCUT2D eigenvalue weighted by Gasteiger charge is -2.25. The molecule has 0 saturated carbocycles. The zero-order valence-electron chi connectivity index (χ0n) is 17.2. The van der Waals surface area contributed by atoms with Gasteiger partial charge in [-0.15, -0.1) is 0 Å². The van der Waals surface area contributed by atoms with Crippen molar-refractivity contribution in [1.29, 1.82) is 0 Å². The summed E-state index contributed by atoms with van der Waals surface area (Å²) in [4.78, 5) is 11.9. The van der Waals surface area contributed by atoms with Crippen molar-refractivity contribution < 1.29 is 33.6 Å². The first-order chi connectivity index (χ1) is 13.2. The third kappa shape index (κ3) is 6.63. The summed E-state index contributed by atoms with van der Waals surface area (Å²) >= 11 is 0. The van der Waals surface area contributed by atoms with Crippen molar-refractivity contribution in [1.82, 2.24) is 5.32 Å². The lowest BCUT2D eigenvalue weighted by Crippen LogP contribution is -2.32. The van der Waals surface area contributed by atoms with Crippen LogP contribution in [0.15, 0.2) is 18.2 Å². The summed E-state index contributed by atoms with van der Waals surface area (Å²) in [6, 6.07) is 5.12. The highest BCUT2D eigenvalue weighted by atomic mass is 16.7. The Bertz CT molecular complexity index is 638. The second-order valence-electron chi connectivity index (χ2n) is 7.57. The summed E-state index contributed by atoms with van der Waals surface area (Å²) in [5, 5.41) is 13.2. The van der Waals surface area contributed by atoms with E-state index < -0.39 is 24.3 Å². The van der Waals surface area contributed by atoms with Crippen LogP contribution in [-0.2, 0) is 25.5 Å². The van der Waals surface area contributed by atoms with E-state index in [0.29, 0.717) is 23.5 Å². The van der Waals surface area contributed by atoms with E-state index in [-0.39, 0.29) is 12.6 Å². The summed E-state index contributed by atoms with van der Waals surface area (Å²) in [5.41, 5.74) is 0.610. The normalized spacial score (nSPS) is 19.1. The summed E-state index contributed by atoms with van der Waals surface area (Å²) in [6.45, 7) is 6.22. The largest absolute Gasteiger partial charge is 0.496 e. The summed E-state index contributed by atoms with van der Waals surface area (Å²) in [6.07, 6.45) is -0.852. The van der Waals surface area contributed by atoms with Gasteiger partial charge in [0.05, 0.1) is 7.11 Å². The Morgan fingerprint density at radius 1 is 1.36 bits per heavy atom. The smallest absolute Gasteiger partial charge is 0.407 e. The molecule has 8 heteroatoms. The van der Waals surface area contributed by atoms with E-state index in [1.165, 1.54) is 14.2 Å². The van der Waals surface area contributed by atoms with E-state index in [1.807, 2.05) is 0 Å². The number of carbonyl (C=O) groups excluding carboxylic acids is 1. The van der Waals surface area contributed by atoms with Crippen LogP contribution in [0, 0.1) is 0 Å². The van der Waals surface area contributed by atoms with Crippen molar-refractivity contribution in [2.75, 3.05) is 20.8 Å². The number of aliphatic hydroxyl groups is 1. The Hall–Kier alpha value is -1.87. The number of nitrogens with one attached hydrogen (secondary N) is 1. The molecule has 1 amide bonds. The molecule has 0 aliphatic carbocycles. The first-order valence-corrected chi connectivity index (χ1v) is 9.35. The minimum absolute atomic E-state index is 0.179. The zero-order chi connectivity index (χ0) is 20.7. The van der Waals surface area contributed by atoms with Crippen LogP contribution in [0.5, 0.6) is 5.75 Å². The van der Waals surface area contributed by atoms with E-state index >= 15 is 0 Å². The number of hydrogen-bond donors (Lipinski definition) is 2. The maximum Gasteiger partial charge on any atom is 0.407 e. The molecular formula is C20H31NO7. The van der Waals surface area contributed by atoms with Crippen LogP contribution in [0.4, 0.5) is 4.79 Å². The molecule has 1 aromatic carbocycles. The minimum atomic E-state index is -1.21. The van der Waals surface area contributed by atoms with Gasteiger partial charge in [0, 0.05) is 31.4 Å². The number of rotatable bonds is 8. The second kappa shape index (κ2) is 10.1. The van der Waals surface area contributed by atoms with Crippen LogP contribution in [-0.4, -0.2) is 50.0 Å². The van der Waals surface area contributed by atoms with Gasteiger partial charge in [0.2, 0.25) is 0 Å². The summed E-state index contributed by atoms with van der Waals surface area (Å²) in [5.74, 6) is 0.578. The van der Waals surface area contributed by atoms with Gasteiger partial charge in [0.1, 0.15) is 17.5 Å². The van der Waals surface area contributed by atoms with E-state index in [0.717, 1.165) is 12.8 Å². The van der Waals surface area contributed by atoms with Gasteiger partial charge in [0.25, 0.3) is 0 Å². The molecule has 1 heterocycles. The molecule has 3 unspecified atom stereocenters. The Kier molecular flexibility index (Phi) is 8.06. The van der Waals surface area contributed by atoms with Gasteiger partial charge in [-0.1, -0.05) is 6.07 Å². The van der Waals surface area contributed by atoms with Gasteiger partial charge in [-0.3, -0.25) is 0 Å². The molecule has 1 aliphatic heterocycles. The highest BCUT2D eigenvalue weighted by Crippen LogP contribution is 2.27. The number of aliphatic hydroxyl groups excluding tert-OH is 1. The summed E-state index contributed by atoms with van der Waals surface area (Å²) < 4.78 is 27.1. The quantitative estimate of drug-likeness (QED) is 0.651. The van der Waals surface area contributed by atoms with Gasteiger partial charge < -0.3 is 34.1 Å². The Morgan fingerprint density at radius 2 is 2.11 bits per heavy atom. The first kappa shape index (κ1) is 22.4. The van der Waals surface area contributed by atoms with E-state index in [2.05, 4.69) is 5.32 Å². The molecule has 8 nitrogen and oxygen atoms in total. The molecule has 158 valence electrons. The third-order valence-electron chi connectivity index (χ3n) is 4.18. The van der Waals surface area contributed by atoms with Crippen molar-refractivity contribution in [3.63, 3.8) is 0 Å². The third-order valence-corrected chi connectivity index (χ3v) is 4.18. The fourth-order valence-corrected chi connectivity index (χ4v) is 2.89. The van der Waals surface area contributed by atoms with Gasteiger partial charge in [0.15, 0.2) is 12.6 Å². The van der Waals surface area contributed by atoms with Crippen molar-refractivity contribution in [3.8, 4) is 5.75 Å². The van der Waals surface area contributed by atoms with Crippen LogP contribution in [0.1, 0.15) is 51.0 Å². The summed E-state index contributed by atoms with van der Waals surface area (Å²) in [7, 11) is 3.06. The lowest BCUT2D eigenvalue weighted by atomic mass is 10.1. The van der Waals surface area contributed by atoms with Gasteiger partial charge in [-0.2, -0.15) is 0 Å². The second-order valence-corrected chi connectivity index (χ2v) is 7.57. The maximum absolute atomic E-state index is 11.9. The molecule has 1 aliphatic rings. The number of hydrogen-bond acceptors (Lipinski definition) is 7. The number of methoxy groups -OCH3 is 2. The first-order valence-electron chi connectivity index (χ1n) is 9.35. The van der Waals surface area contributed by atoms with Crippen molar-refractivity contribution in [2.24, 2.45) is 0 Å². The number of alkyl carbamates (subject to hydrolysis) is 1. The highest BCUT2D eigenvalue weighted by Gasteiger charge is 2.29. The number of ether oxygens (including phenoxy) is 5. The lowest BCUT2D eigenvalue weighted by molar-refractivity contribution is -0.255. The van der Waals surface area contributed by atoms with E-state index in [1.54, 1.807) is 39.0 Å². The van der Waals surface area contributed by atoms with Crippen molar-refractivity contribution >= 4 is 6.09 Å². The Labute approximate surface area is 166 Å². The van der Waals surface area contributed by atoms with Crippen LogP contribution in [0.25, 0.3) is 0 Å². The van der Waals surface area contributed by atoms with Crippen LogP contribution >= 0.6 is 0 Å². The predicted molar refractivity (Wildman–Crippen MR) is 102 cm³/mol. The molecule has 0 spiro atoms. The average Bonchev–Trinajstić information content (AvgIpc) is 3.17. The molecule has 0 radical (unpaired) electrons. The average molecular weight is 397 g/mol. The molecule has 1 aromatic rings. The molecule has 1 saturated heterocycles. The topological polar surface area (TPSA) is 95.5 Å². The fourth-order valence-electron chi connectivity index (χ4n) is 2.89. The van der Waals surface area contributed by atoms with Gasteiger partial charge in [-0.25, -0.2) is 4.79 Å². The number of amides is 1. The zero-order valence-corrected chi connectivity index (χ0v) is 17.2. The Morgan fingerprint density at radius 3 is 2.68 bits per heavy atom. The maximum atomic E-state index is 11.9. The monoisotopic (exact) mass is 397 g/mol. The van der Waals surface area contributed by atoms with Crippen molar-refractivity contribution in [3.05, 3.63) is 29.3 Å². The van der Waals surface area contributed by atoms with E-state index in [9.17, 15) is 9.90 Å². The standard InChI is InChI=1S/C20H31NO7/c1-20(2,3)28-19(23)21-12-14-11-13(8-9-15(14)24-4)17(22)27-18(25-5)16-7-6-10-26-16/h8-9,11,16-18,22H,6-7,10,12H2,1-5H3,(H,21,23). The molecule has 3 atom stereocenters. The molecule has 0 aromatic heterocycles. The molecule has 2 N–H and O–H groups in total. The Balaban J connectivity index is 2.04. The molecule has 2 rings (SSSR count). The minimum Gasteiger partial charge on any atom is -0.496 e. The SMILES string of the molecule is COc1ccc(C(O)OC(OC)C2CCCO2)cc1CNC(=O)OC(C)(C)C. The molecule has 28 heavy (non-hydrogen) atoms. The van der Waals surface area contributed by atoms with Gasteiger partial charge in [-0.05, 0) is 45.7 Å². The number of benzene rings is 1. The molecule has 0 bridgehead atoms. The van der Waals surface area contributed by atoms with E-state index in [4.69, 9.17) is 23.7 Å². The van der Waals surface area contributed by atoms with Crippen LogP contribution in [0.2, 0.25) is 0 Å².